The molecule has 3 aromatic carbocycles. The van der Waals surface area contributed by atoms with Gasteiger partial charge in [-0.05, 0) is 42.5 Å². The third-order valence-electron chi connectivity index (χ3n) is 5.51. The van der Waals surface area contributed by atoms with E-state index in [2.05, 4.69) is 25.8 Å². The maximum Gasteiger partial charge on any atom is 0.277 e. The van der Waals surface area contributed by atoms with Gasteiger partial charge in [0.25, 0.3) is 11.1 Å². The molecular formula is C25H19N5O2S. The molecule has 0 fully saturated rings. The minimum Gasteiger partial charge on any atom is -0.497 e. The molecule has 1 N–H and O–H groups in total. The molecule has 6 aromatic rings. The van der Waals surface area contributed by atoms with Gasteiger partial charge in [-0.1, -0.05) is 42.1 Å². The van der Waals surface area contributed by atoms with Crippen molar-refractivity contribution in [2.75, 3.05) is 7.11 Å². The lowest BCUT2D eigenvalue weighted by molar-refractivity contribution is 0.414. The van der Waals surface area contributed by atoms with Gasteiger partial charge in [0, 0.05) is 22.8 Å². The van der Waals surface area contributed by atoms with Gasteiger partial charge >= 0.3 is 0 Å². The van der Waals surface area contributed by atoms with Crippen LogP contribution >= 0.6 is 11.8 Å². The molecule has 162 valence electrons. The maximum atomic E-state index is 5.97. The zero-order valence-corrected chi connectivity index (χ0v) is 18.5. The van der Waals surface area contributed by atoms with Gasteiger partial charge in [-0.15, -0.1) is 10.2 Å². The van der Waals surface area contributed by atoms with E-state index in [9.17, 15) is 0 Å². The molecule has 0 saturated heterocycles. The number of aromatic nitrogens is 5. The van der Waals surface area contributed by atoms with Crippen LogP contribution in [0.15, 0.2) is 88.6 Å². The standard InChI is InChI=1S/C25H19N5O2S/c1-31-17-12-10-16(11-13-17)30-22-9-5-4-8-21(22)27-23(30)15-33-25-29-28-24(32-25)19-14-26-20-7-3-2-6-18(19)20/h2-14,26H,15H2,1H3. The third kappa shape index (κ3) is 3.54. The number of fused-ring (bicyclic) bond motifs is 2. The van der Waals surface area contributed by atoms with E-state index in [1.165, 1.54) is 11.8 Å². The fourth-order valence-electron chi connectivity index (χ4n) is 3.94. The van der Waals surface area contributed by atoms with Crippen LogP contribution in [0, 0.1) is 0 Å². The molecular weight excluding hydrogens is 434 g/mol. The van der Waals surface area contributed by atoms with Crippen molar-refractivity contribution in [1.82, 2.24) is 24.7 Å². The van der Waals surface area contributed by atoms with Crippen LogP contribution in [0.3, 0.4) is 0 Å². The van der Waals surface area contributed by atoms with E-state index in [0.29, 0.717) is 16.9 Å². The van der Waals surface area contributed by atoms with Crippen molar-refractivity contribution in [3.8, 4) is 22.9 Å². The van der Waals surface area contributed by atoms with Gasteiger partial charge in [-0.25, -0.2) is 4.98 Å². The van der Waals surface area contributed by atoms with E-state index in [4.69, 9.17) is 14.1 Å². The second kappa shape index (κ2) is 8.14. The molecule has 0 aliphatic carbocycles. The molecule has 0 saturated carbocycles. The Labute approximate surface area is 193 Å². The number of imidazole rings is 1. The first-order valence-electron chi connectivity index (χ1n) is 10.4. The van der Waals surface area contributed by atoms with Crippen LogP contribution in [0.4, 0.5) is 0 Å². The number of para-hydroxylation sites is 3. The van der Waals surface area contributed by atoms with Gasteiger partial charge in [0.2, 0.25) is 0 Å². The molecule has 0 radical (unpaired) electrons. The summed E-state index contributed by atoms with van der Waals surface area (Å²) in [6.07, 6.45) is 1.90. The largest absolute Gasteiger partial charge is 0.497 e. The zero-order chi connectivity index (χ0) is 22.2. The fraction of sp³-hybridized carbons (Fsp3) is 0.0800. The molecule has 0 aliphatic rings. The van der Waals surface area contributed by atoms with Crippen LogP contribution in [-0.4, -0.2) is 31.8 Å². The minimum absolute atomic E-state index is 0.499. The van der Waals surface area contributed by atoms with Crippen molar-refractivity contribution in [3.05, 3.63) is 84.8 Å². The predicted octanol–water partition coefficient (Wildman–Crippen LogP) is 5.86. The number of benzene rings is 3. The van der Waals surface area contributed by atoms with Crippen LogP contribution in [0.1, 0.15) is 5.82 Å². The molecule has 0 amide bonds. The van der Waals surface area contributed by atoms with Gasteiger partial charge in [-0.3, -0.25) is 4.57 Å². The van der Waals surface area contributed by atoms with E-state index in [-0.39, 0.29) is 0 Å². The highest BCUT2D eigenvalue weighted by Gasteiger charge is 2.17. The molecule has 0 spiro atoms. The summed E-state index contributed by atoms with van der Waals surface area (Å²) in [6.45, 7) is 0. The highest BCUT2D eigenvalue weighted by molar-refractivity contribution is 7.98. The van der Waals surface area contributed by atoms with Gasteiger partial charge in [0.15, 0.2) is 0 Å². The Bertz CT molecular complexity index is 1570. The number of H-pyrrole nitrogens is 1. The van der Waals surface area contributed by atoms with Crippen LogP contribution in [0.5, 0.6) is 5.75 Å². The maximum absolute atomic E-state index is 5.97. The first-order chi connectivity index (χ1) is 16.3. The predicted molar refractivity (Wildman–Crippen MR) is 129 cm³/mol. The van der Waals surface area contributed by atoms with E-state index in [1.54, 1.807) is 7.11 Å². The molecule has 33 heavy (non-hydrogen) atoms. The Morgan fingerprint density at radius 2 is 1.79 bits per heavy atom. The van der Waals surface area contributed by atoms with Gasteiger partial charge in [-0.2, -0.15) is 0 Å². The Morgan fingerprint density at radius 1 is 0.970 bits per heavy atom. The Kier molecular flexibility index (Phi) is 4.84. The SMILES string of the molecule is COc1ccc(-n2c(CSc3nnc(-c4c[nH]c5ccccc45)o3)nc3ccccc32)cc1. The number of rotatable bonds is 6. The number of hydrogen-bond acceptors (Lipinski definition) is 6. The lowest BCUT2D eigenvalue weighted by atomic mass is 10.2. The van der Waals surface area contributed by atoms with Gasteiger partial charge < -0.3 is 14.1 Å². The Morgan fingerprint density at radius 3 is 2.67 bits per heavy atom. The van der Waals surface area contributed by atoms with Gasteiger partial charge in [0.1, 0.15) is 11.6 Å². The molecule has 6 rings (SSSR count). The smallest absolute Gasteiger partial charge is 0.277 e. The summed E-state index contributed by atoms with van der Waals surface area (Å²) < 4.78 is 13.4. The number of methoxy groups -OCH3 is 1. The summed E-state index contributed by atoms with van der Waals surface area (Å²) >= 11 is 1.47. The van der Waals surface area contributed by atoms with Crippen LogP contribution in [-0.2, 0) is 5.75 Å². The first kappa shape index (κ1) is 19.6. The van der Waals surface area contributed by atoms with Crippen molar-refractivity contribution in [3.63, 3.8) is 0 Å². The summed E-state index contributed by atoms with van der Waals surface area (Å²) in [5.41, 5.74) is 4.94. The summed E-state index contributed by atoms with van der Waals surface area (Å²) in [5, 5.41) is 10.1. The van der Waals surface area contributed by atoms with E-state index in [1.807, 2.05) is 72.9 Å². The monoisotopic (exact) mass is 453 g/mol. The zero-order valence-electron chi connectivity index (χ0n) is 17.7. The number of thioether (sulfide) groups is 1. The second-order valence-corrected chi connectivity index (χ2v) is 8.39. The summed E-state index contributed by atoms with van der Waals surface area (Å²) in [6, 6.07) is 24.1. The highest BCUT2D eigenvalue weighted by Crippen LogP contribution is 2.32. The molecule has 0 aliphatic heterocycles. The van der Waals surface area contributed by atoms with Crippen LogP contribution in [0.2, 0.25) is 0 Å². The minimum atomic E-state index is 0.499. The fourth-order valence-corrected chi connectivity index (χ4v) is 4.63. The Hall–Kier alpha value is -4.04. The third-order valence-corrected chi connectivity index (χ3v) is 6.33. The average molecular weight is 454 g/mol. The molecule has 3 heterocycles. The van der Waals surface area contributed by atoms with E-state index >= 15 is 0 Å². The van der Waals surface area contributed by atoms with E-state index < -0.39 is 0 Å². The topological polar surface area (TPSA) is 81.8 Å². The number of nitrogens with zero attached hydrogens (tertiary/aromatic N) is 4. The first-order valence-corrected chi connectivity index (χ1v) is 11.4. The molecule has 7 nitrogen and oxygen atoms in total. The molecule has 0 unspecified atom stereocenters. The summed E-state index contributed by atoms with van der Waals surface area (Å²) in [5.74, 6) is 2.79. The van der Waals surface area contributed by atoms with Crippen molar-refractivity contribution in [1.29, 1.82) is 0 Å². The van der Waals surface area contributed by atoms with E-state index in [0.717, 1.165) is 44.8 Å². The number of hydrogen-bond donors (Lipinski definition) is 1. The Balaban J connectivity index is 1.31. The van der Waals surface area contributed by atoms with Crippen molar-refractivity contribution < 1.29 is 9.15 Å². The summed E-state index contributed by atoms with van der Waals surface area (Å²) in [4.78, 5) is 8.11. The molecule has 0 atom stereocenters. The second-order valence-electron chi connectivity index (χ2n) is 7.46. The summed E-state index contributed by atoms with van der Waals surface area (Å²) in [7, 11) is 1.67. The lowest BCUT2D eigenvalue weighted by Gasteiger charge is -2.09. The number of nitrogens with one attached hydrogen (secondary N) is 1. The lowest BCUT2D eigenvalue weighted by Crippen LogP contribution is -2.00. The highest BCUT2D eigenvalue weighted by atomic mass is 32.2. The number of aromatic amines is 1. The average Bonchev–Trinajstić information content (AvgIpc) is 3.59. The molecule has 0 bridgehead atoms. The van der Waals surface area contributed by atoms with Crippen molar-refractivity contribution in [2.24, 2.45) is 0 Å². The number of ether oxygens (including phenoxy) is 1. The molecule has 8 heteroatoms. The molecule has 3 aromatic heterocycles. The quantitative estimate of drug-likeness (QED) is 0.318. The normalized spacial score (nSPS) is 11.4. The van der Waals surface area contributed by atoms with Crippen molar-refractivity contribution in [2.45, 2.75) is 11.0 Å². The van der Waals surface area contributed by atoms with Crippen LogP contribution < -0.4 is 4.74 Å². The van der Waals surface area contributed by atoms with Crippen molar-refractivity contribution >= 4 is 33.7 Å². The van der Waals surface area contributed by atoms with Crippen LogP contribution in [0.25, 0.3) is 39.1 Å². The van der Waals surface area contributed by atoms with Gasteiger partial charge in [0.05, 0.1) is 29.5 Å².